The Labute approximate surface area is 198 Å². The number of rotatable bonds is 6. The Kier molecular flexibility index (Phi) is 7.29. The molecule has 1 aromatic carbocycles. The first-order chi connectivity index (χ1) is 16.4. The fourth-order valence-electron chi connectivity index (χ4n) is 4.75. The van der Waals surface area contributed by atoms with E-state index >= 15 is 0 Å². The summed E-state index contributed by atoms with van der Waals surface area (Å²) in [4.78, 5) is 41.2. The monoisotopic (exact) mass is 470 g/mol. The van der Waals surface area contributed by atoms with Crippen molar-refractivity contribution in [3.8, 4) is 5.69 Å². The van der Waals surface area contributed by atoms with Gasteiger partial charge in [0.25, 0.3) is 5.91 Å². The Balaban J connectivity index is 1.44. The highest BCUT2D eigenvalue weighted by atomic mass is 19.1. The highest BCUT2D eigenvalue weighted by Crippen LogP contribution is 2.28. The first-order valence-electron chi connectivity index (χ1n) is 12.0. The molecular formula is C25H31FN4O4. The number of carbonyl (C=O) groups excluding carboxylic acids is 3. The van der Waals surface area contributed by atoms with Crippen molar-refractivity contribution in [3.05, 3.63) is 47.0 Å². The van der Waals surface area contributed by atoms with Gasteiger partial charge in [0.15, 0.2) is 5.69 Å². The summed E-state index contributed by atoms with van der Waals surface area (Å²) in [7, 11) is 1.61. The number of esters is 1. The van der Waals surface area contributed by atoms with E-state index in [1.54, 1.807) is 35.7 Å². The van der Waals surface area contributed by atoms with E-state index in [1.807, 2.05) is 0 Å². The second-order valence-electron chi connectivity index (χ2n) is 8.94. The maximum atomic E-state index is 13.4. The van der Waals surface area contributed by atoms with Crippen molar-refractivity contribution in [2.75, 3.05) is 33.3 Å². The second-order valence-corrected chi connectivity index (χ2v) is 8.94. The van der Waals surface area contributed by atoms with E-state index in [9.17, 15) is 18.8 Å². The molecule has 0 spiro atoms. The van der Waals surface area contributed by atoms with Crippen LogP contribution in [0.3, 0.4) is 0 Å². The molecular weight excluding hydrogens is 439 g/mol. The van der Waals surface area contributed by atoms with Crippen molar-refractivity contribution in [1.29, 1.82) is 0 Å². The third-order valence-electron chi connectivity index (χ3n) is 6.64. The molecule has 2 heterocycles. The fourth-order valence-corrected chi connectivity index (χ4v) is 4.75. The van der Waals surface area contributed by atoms with Crippen molar-refractivity contribution >= 4 is 17.8 Å². The van der Waals surface area contributed by atoms with Gasteiger partial charge in [0.2, 0.25) is 5.91 Å². The SMILES string of the molecule is CCOC(=O)C1CCN(C(=O)CN(C)C(=O)c2nn(-c3ccc(F)cc3)c3c2CCCC3)CC1. The van der Waals surface area contributed by atoms with Gasteiger partial charge in [0, 0.05) is 31.4 Å². The molecule has 1 fully saturated rings. The molecule has 0 N–H and O–H groups in total. The summed E-state index contributed by atoms with van der Waals surface area (Å²) in [6.45, 7) is 3.02. The van der Waals surface area contributed by atoms with E-state index in [-0.39, 0.29) is 36.1 Å². The van der Waals surface area contributed by atoms with Gasteiger partial charge < -0.3 is 14.5 Å². The molecule has 1 aromatic heterocycles. The summed E-state index contributed by atoms with van der Waals surface area (Å²) in [6.07, 6.45) is 4.66. The van der Waals surface area contributed by atoms with Crippen LogP contribution < -0.4 is 0 Å². The molecule has 0 unspecified atom stereocenters. The molecule has 4 rings (SSSR count). The van der Waals surface area contributed by atoms with E-state index < -0.39 is 0 Å². The lowest BCUT2D eigenvalue weighted by molar-refractivity contribution is -0.151. The van der Waals surface area contributed by atoms with E-state index in [0.717, 1.165) is 36.9 Å². The predicted molar refractivity (Wildman–Crippen MR) is 123 cm³/mol. The number of likely N-dealkylation sites (tertiary alicyclic amines) is 1. The van der Waals surface area contributed by atoms with E-state index in [1.165, 1.54) is 17.0 Å². The Hall–Kier alpha value is -3.23. The van der Waals surface area contributed by atoms with E-state index in [0.29, 0.717) is 43.9 Å². The number of fused-ring (bicyclic) bond motifs is 1. The minimum atomic E-state index is -0.328. The molecule has 182 valence electrons. The minimum Gasteiger partial charge on any atom is -0.466 e. The summed E-state index contributed by atoms with van der Waals surface area (Å²) in [5.41, 5.74) is 2.95. The van der Waals surface area contributed by atoms with Gasteiger partial charge in [0.1, 0.15) is 5.82 Å². The normalized spacial score (nSPS) is 16.1. The van der Waals surface area contributed by atoms with Crippen LogP contribution in [-0.2, 0) is 27.2 Å². The zero-order valence-electron chi connectivity index (χ0n) is 19.8. The van der Waals surface area contributed by atoms with Gasteiger partial charge >= 0.3 is 5.97 Å². The van der Waals surface area contributed by atoms with Crippen LogP contribution in [-0.4, -0.2) is 70.7 Å². The fraction of sp³-hybridized carbons (Fsp3) is 0.520. The van der Waals surface area contributed by atoms with Gasteiger partial charge in [-0.2, -0.15) is 5.10 Å². The average Bonchev–Trinajstić information content (AvgIpc) is 3.24. The third kappa shape index (κ3) is 4.98. The van der Waals surface area contributed by atoms with Gasteiger partial charge in [-0.15, -0.1) is 0 Å². The highest BCUT2D eigenvalue weighted by Gasteiger charge is 2.31. The summed E-state index contributed by atoms with van der Waals surface area (Å²) >= 11 is 0. The molecule has 0 saturated carbocycles. The number of likely N-dealkylation sites (N-methyl/N-ethyl adjacent to an activating group) is 1. The molecule has 34 heavy (non-hydrogen) atoms. The quantitative estimate of drug-likeness (QED) is 0.606. The van der Waals surface area contributed by atoms with Crippen molar-refractivity contribution < 1.29 is 23.5 Å². The van der Waals surface area contributed by atoms with Crippen LogP contribution >= 0.6 is 0 Å². The smallest absolute Gasteiger partial charge is 0.309 e. The van der Waals surface area contributed by atoms with Crippen LogP contribution in [0, 0.1) is 11.7 Å². The molecule has 0 atom stereocenters. The number of nitrogens with zero attached hydrogens (tertiary/aromatic N) is 4. The third-order valence-corrected chi connectivity index (χ3v) is 6.64. The Morgan fingerprint density at radius 2 is 1.79 bits per heavy atom. The zero-order valence-corrected chi connectivity index (χ0v) is 19.8. The van der Waals surface area contributed by atoms with Crippen LogP contribution in [0.15, 0.2) is 24.3 Å². The Bertz CT molecular complexity index is 1060. The van der Waals surface area contributed by atoms with Gasteiger partial charge in [-0.1, -0.05) is 0 Å². The molecule has 0 bridgehead atoms. The number of benzene rings is 1. The maximum absolute atomic E-state index is 13.4. The molecule has 1 aliphatic carbocycles. The van der Waals surface area contributed by atoms with Crippen molar-refractivity contribution in [2.24, 2.45) is 5.92 Å². The number of halogens is 1. The topological polar surface area (TPSA) is 84.7 Å². The zero-order chi connectivity index (χ0) is 24.2. The van der Waals surface area contributed by atoms with Crippen LogP contribution in [0.1, 0.15) is 54.4 Å². The number of carbonyl (C=O) groups is 3. The molecule has 2 aromatic rings. The Morgan fingerprint density at radius 3 is 2.47 bits per heavy atom. The summed E-state index contributed by atoms with van der Waals surface area (Å²) < 4.78 is 20.2. The van der Waals surface area contributed by atoms with Gasteiger partial charge in [-0.05, 0) is 69.7 Å². The number of hydrogen-bond acceptors (Lipinski definition) is 5. The minimum absolute atomic E-state index is 0.0545. The summed E-state index contributed by atoms with van der Waals surface area (Å²) in [5.74, 6) is -1.15. The number of hydrogen-bond donors (Lipinski definition) is 0. The number of ether oxygens (including phenoxy) is 1. The Morgan fingerprint density at radius 1 is 1.12 bits per heavy atom. The first-order valence-corrected chi connectivity index (χ1v) is 12.0. The number of amides is 2. The van der Waals surface area contributed by atoms with Gasteiger partial charge in [-0.3, -0.25) is 14.4 Å². The summed E-state index contributed by atoms with van der Waals surface area (Å²) in [6, 6.07) is 6.06. The van der Waals surface area contributed by atoms with Gasteiger partial charge in [0.05, 0.1) is 24.8 Å². The largest absolute Gasteiger partial charge is 0.466 e. The second kappa shape index (κ2) is 10.4. The van der Waals surface area contributed by atoms with Crippen molar-refractivity contribution in [2.45, 2.75) is 45.4 Å². The standard InChI is InChI=1S/C25H31FN4O4/c1-3-34-25(33)17-12-14-29(15-13-17)22(31)16-28(2)24(32)23-20-6-4-5-7-21(20)30(27-23)19-10-8-18(26)9-11-19/h8-11,17H,3-7,12-16H2,1-2H3. The predicted octanol–water partition coefficient (Wildman–Crippen LogP) is 2.76. The maximum Gasteiger partial charge on any atom is 0.309 e. The summed E-state index contributed by atoms with van der Waals surface area (Å²) in [5, 5.41) is 4.61. The van der Waals surface area contributed by atoms with Crippen LogP contribution in [0.2, 0.25) is 0 Å². The lowest BCUT2D eigenvalue weighted by atomic mass is 9.95. The number of aromatic nitrogens is 2. The first kappa shape index (κ1) is 23.9. The van der Waals surface area contributed by atoms with E-state index in [2.05, 4.69) is 5.10 Å². The van der Waals surface area contributed by atoms with E-state index in [4.69, 9.17) is 4.74 Å². The molecule has 8 nitrogen and oxygen atoms in total. The van der Waals surface area contributed by atoms with Crippen molar-refractivity contribution in [3.63, 3.8) is 0 Å². The van der Waals surface area contributed by atoms with Crippen molar-refractivity contribution in [1.82, 2.24) is 19.6 Å². The average molecular weight is 471 g/mol. The number of piperidine rings is 1. The lowest BCUT2D eigenvalue weighted by Crippen LogP contribution is -2.45. The molecule has 1 saturated heterocycles. The highest BCUT2D eigenvalue weighted by molar-refractivity contribution is 5.96. The molecule has 0 radical (unpaired) electrons. The van der Waals surface area contributed by atoms with Crippen LogP contribution in [0.4, 0.5) is 4.39 Å². The molecule has 2 amide bonds. The molecule has 1 aliphatic heterocycles. The van der Waals surface area contributed by atoms with Gasteiger partial charge in [-0.25, -0.2) is 9.07 Å². The lowest BCUT2D eigenvalue weighted by Gasteiger charge is -2.32. The van der Waals surface area contributed by atoms with Crippen LogP contribution in [0.25, 0.3) is 5.69 Å². The molecule has 2 aliphatic rings. The van der Waals surface area contributed by atoms with Crippen LogP contribution in [0.5, 0.6) is 0 Å². The molecule has 9 heteroatoms.